The molecule has 0 radical (unpaired) electrons. The van der Waals surface area contributed by atoms with E-state index >= 15 is 0 Å². The smallest absolute Gasteiger partial charge is 0.0215 e. The van der Waals surface area contributed by atoms with Crippen molar-refractivity contribution in [2.75, 3.05) is 19.6 Å². The molecule has 18 heavy (non-hydrogen) atoms. The SMILES string of the molecule is CCCCNCCC(N)(CCCCN)C(C)(C)C. The van der Waals surface area contributed by atoms with Crippen molar-refractivity contribution in [3.05, 3.63) is 0 Å². The van der Waals surface area contributed by atoms with Crippen LogP contribution in [0.15, 0.2) is 0 Å². The summed E-state index contributed by atoms with van der Waals surface area (Å²) in [4.78, 5) is 0. The van der Waals surface area contributed by atoms with Crippen LogP contribution in [0.25, 0.3) is 0 Å². The fraction of sp³-hybridized carbons (Fsp3) is 1.00. The molecule has 3 heteroatoms. The van der Waals surface area contributed by atoms with Crippen molar-refractivity contribution in [1.82, 2.24) is 5.32 Å². The number of hydrogen-bond donors (Lipinski definition) is 3. The Morgan fingerprint density at radius 1 is 0.944 bits per heavy atom. The molecular weight excluding hydrogens is 222 g/mol. The molecule has 0 saturated heterocycles. The number of hydrogen-bond acceptors (Lipinski definition) is 3. The van der Waals surface area contributed by atoms with Gasteiger partial charge in [0.15, 0.2) is 0 Å². The second kappa shape index (κ2) is 8.89. The number of nitrogens with one attached hydrogen (secondary N) is 1. The summed E-state index contributed by atoms with van der Waals surface area (Å²) in [7, 11) is 0. The Hall–Kier alpha value is -0.120. The molecule has 0 saturated carbocycles. The minimum absolute atomic E-state index is 0.0820. The summed E-state index contributed by atoms with van der Waals surface area (Å²) in [5, 5.41) is 3.50. The number of rotatable bonds is 10. The van der Waals surface area contributed by atoms with Crippen LogP contribution in [-0.4, -0.2) is 25.2 Å². The van der Waals surface area contributed by atoms with Crippen LogP contribution in [0.5, 0.6) is 0 Å². The van der Waals surface area contributed by atoms with Crippen LogP contribution in [0.4, 0.5) is 0 Å². The van der Waals surface area contributed by atoms with Gasteiger partial charge in [-0.2, -0.15) is 0 Å². The Labute approximate surface area is 114 Å². The van der Waals surface area contributed by atoms with E-state index in [1.54, 1.807) is 0 Å². The summed E-state index contributed by atoms with van der Waals surface area (Å²) >= 11 is 0. The zero-order valence-electron chi connectivity index (χ0n) is 13.0. The third-order valence-corrected chi connectivity index (χ3v) is 4.03. The monoisotopic (exact) mass is 257 g/mol. The third kappa shape index (κ3) is 6.72. The van der Waals surface area contributed by atoms with E-state index in [1.807, 2.05) is 0 Å². The average Bonchev–Trinajstić information content (AvgIpc) is 2.28. The van der Waals surface area contributed by atoms with Crippen LogP contribution < -0.4 is 16.8 Å². The summed E-state index contributed by atoms with van der Waals surface area (Å²) in [5.41, 5.74) is 12.3. The van der Waals surface area contributed by atoms with E-state index in [-0.39, 0.29) is 11.0 Å². The maximum Gasteiger partial charge on any atom is 0.0215 e. The fourth-order valence-electron chi connectivity index (χ4n) is 2.20. The highest BCUT2D eigenvalue weighted by Gasteiger charge is 2.36. The molecule has 0 aromatic heterocycles. The Morgan fingerprint density at radius 3 is 2.11 bits per heavy atom. The summed E-state index contributed by atoms with van der Waals surface area (Å²) in [6, 6.07) is 0. The minimum atomic E-state index is -0.0820. The Balaban J connectivity index is 4.13. The van der Waals surface area contributed by atoms with Crippen LogP contribution in [0.2, 0.25) is 0 Å². The predicted octanol–water partition coefficient (Wildman–Crippen LogP) is 2.64. The van der Waals surface area contributed by atoms with Gasteiger partial charge in [-0.3, -0.25) is 0 Å². The Bertz CT molecular complexity index is 198. The van der Waals surface area contributed by atoms with E-state index in [4.69, 9.17) is 11.5 Å². The molecule has 1 atom stereocenters. The van der Waals surface area contributed by atoms with Gasteiger partial charge in [0.25, 0.3) is 0 Å². The van der Waals surface area contributed by atoms with E-state index in [0.29, 0.717) is 0 Å². The van der Waals surface area contributed by atoms with Crippen molar-refractivity contribution in [3.63, 3.8) is 0 Å². The lowest BCUT2D eigenvalue weighted by Crippen LogP contribution is -2.53. The Morgan fingerprint density at radius 2 is 1.61 bits per heavy atom. The second-order valence-corrected chi connectivity index (χ2v) is 6.51. The topological polar surface area (TPSA) is 64.1 Å². The molecule has 110 valence electrons. The van der Waals surface area contributed by atoms with Crippen molar-refractivity contribution in [3.8, 4) is 0 Å². The van der Waals surface area contributed by atoms with Gasteiger partial charge in [0, 0.05) is 5.54 Å². The lowest BCUT2D eigenvalue weighted by molar-refractivity contribution is 0.156. The van der Waals surface area contributed by atoms with E-state index in [9.17, 15) is 0 Å². The highest BCUT2D eigenvalue weighted by molar-refractivity contribution is 4.95. The van der Waals surface area contributed by atoms with Gasteiger partial charge in [0.1, 0.15) is 0 Å². The molecule has 0 aromatic carbocycles. The highest BCUT2D eigenvalue weighted by atomic mass is 14.9. The molecule has 0 aromatic rings. The van der Waals surface area contributed by atoms with E-state index in [0.717, 1.165) is 45.3 Å². The van der Waals surface area contributed by atoms with Crippen molar-refractivity contribution in [1.29, 1.82) is 0 Å². The number of unbranched alkanes of at least 4 members (excludes halogenated alkanes) is 2. The van der Waals surface area contributed by atoms with Gasteiger partial charge >= 0.3 is 0 Å². The van der Waals surface area contributed by atoms with Gasteiger partial charge in [-0.05, 0) is 50.7 Å². The lowest BCUT2D eigenvalue weighted by atomic mass is 9.69. The molecule has 0 bridgehead atoms. The number of nitrogens with two attached hydrogens (primary N) is 2. The maximum absolute atomic E-state index is 6.65. The fourth-order valence-corrected chi connectivity index (χ4v) is 2.20. The second-order valence-electron chi connectivity index (χ2n) is 6.51. The first-order valence-corrected chi connectivity index (χ1v) is 7.57. The van der Waals surface area contributed by atoms with E-state index in [2.05, 4.69) is 33.0 Å². The molecule has 0 aliphatic rings. The van der Waals surface area contributed by atoms with Crippen LogP contribution >= 0.6 is 0 Å². The van der Waals surface area contributed by atoms with Gasteiger partial charge in [-0.25, -0.2) is 0 Å². The van der Waals surface area contributed by atoms with Crippen molar-refractivity contribution in [2.24, 2.45) is 16.9 Å². The molecule has 0 spiro atoms. The first kappa shape index (κ1) is 17.9. The van der Waals surface area contributed by atoms with E-state index in [1.165, 1.54) is 12.8 Å². The molecule has 1 unspecified atom stereocenters. The quantitative estimate of drug-likeness (QED) is 0.527. The zero-order valence-corrected chi connectivity index (χ0v) is 13.0. The summed E-state index contributed by atoms with van der Waals surface area (Å²) in [6.07, 6.45) is 6.84. The molecule has 0 aliphatic heterocycles. The largest absolute Gasteiger partial charge is 0.330 e. The molecule has 0 aliphatic carbocycles. The summed E-state index contributed by atoms with van der Waals surface area (Å²) < 4.78 is 0. The first-order valence-electron chi connectivity index (χ1n) is 7.57. The standard InChI is InChI=1S/C15H35N3/c1-5-6-12-18-13-10-15(17,14(2,3)4)9-7-8-11-16/h18H,5-13,16-17H2,1-4H3. The molecule has 0 heterocycles. The van der Waals surface area contributed by atoms with Crippen LogP contribution in [0, 0.1) is 5.41 Å². The predicted molar refractivity (Wildman–Crippen MR) is 81.7 cm³/mol. The highest BCUT2D eigenvalue weighted by Crippen LogP contribution is 2.34. The molecule has 0 fully saturated rings. The molecule has 0 amide bonds. The Kier molecular flexibility index (Phi) is 8.83. The first-order chi connectivity index (χ1) is 8.37. The van der Waals surface area contributed by atoms with E-state index < -0.39 is 0 Å². The minimum Gasteiger partial charge on any atom is -0.330 e. The summed E-state index contributed by atoms with van der Waals surface area (Å²) in [5.74, 6) is 0. The van der Waals surface area contributed by atoms with Crippen LogP contribution in [0.1, 0.15) is 66.2 Å². The van der Waals surface area contributed by atoms with Gasteiger partial charge in [0.2, 0.25) is 0 Å². The molecule has 0 rings (SSSR count). The molecule has 3 nitrogen and oxygen atoms in total. The van der Waals surface area contributed by atoms with Crippen LogP contribution in [-0.2, 0) is 0 Å². The van der Waals surface area contributed by atoms with Crippen molar-refractivity contribution in [2.45, 2.75) is 71.8 Å². The maximum atomic E-state index is 6.65. The lowest BCUT2D eigenvalue weighted by Gasteiger charge is -2.42. The normalized spacial score (nSPS) is 15.7. The van der Waals surface area contributed by atoms with Gasteiger partial charge in [-0.15, -0.1) is 0 Å². The zero-order chi connectivity index (χ0) is 14.1. The molecular formula is C15H35N3. The van der Waals surface area contributed by atoms with Crippen molar-refractivity contribution < 1.29 is 0 Å². The van der Waals surface area contributed by atoms with Gasteiger partial charge < -0.3 is 16.8 Å². The molecule has 5 N–H and O–H groups in total. The van der Waals surface area contributed by atoms with Crippen LogP contribution in [0.3, 0.4) is 0 Å². The van der Waals surface area contributed by atoms with Gasteiger partial charge in [-0.1, -0.05) is 40.5 Å². The van der Waals surface area contributed by atoms with Gasteiger partial charge in [0.05, 0.1) is 0 Å². The summed E-state index contributed by atoms with van der Waals surface area (Å²) in [6.45, 7) is 11.9. The van der Waals surface area contributed by atoms with Crippen molar-refractivity contribution >= 4 is 0 Å². The average molecular weight is 257 g/mol. The third-order valence-electron chi connectivity index (χ3n) is 4.03.